The van der Waals surface area contributed by atoms with Gasteiger partial charge in [0.15, 0.2) is 0 Å². The highest BCUT2D eigenvalue weighted by atomic mass is 16.5. The Hall–Kier alpha value is -0.610. The van der Waals surface area contributed by atoms with Crippen molar-refractivity contribution in [1.82, 2.24) is 5.32 Å². The van der Waals surface area contributed by atoms with Crippen LogP contribution in [-0.2, 0) is 9.53 Å². The number of hydrogen-bond acceptors (Lipinski definition) is 3. The molecule has 110 valence electrons. The van der Waals surface area contributed by atoms with E-state index in [4.69, 9.17) is 9.84 Å². The summed E-state index contributed by atoms with van der Waals surface area (Å²) in [4.78, 5) is 12.3. The van der Waals surface area contributed by atoms with Crippen LogP contribution in [0.2, 0.25) is 0 Å². The Balaban J connectivity index is 1.78. The lowest BCUT2D eigenvalue weighted by Gasteiger charge is -2.33. The summed E-state index contributed by atoms with van der Waals surface area (Å²) >= 11 is 0. The summed E-state index contributed by atoms with van der Waals surface area (Å²) in [5, 5.41) is 12.3. The molecule has 0 aromatic rings. The van der Waals surface area contributed by atoms with Crippen molar-refractivity contribution in [1.29, 1.82) is 0 Å². The van der Waals surface area contributed by atoms with Gasteiger partial charge in [-0.1, -0.05) is 0 Å². The SMILES string of the molecule is CC1CC(C(=O)NC2CCC(CO)CC2)CC(C)O1. The van der Waals surface area contributed by atoms with Gasteiger partial charge in [-0.15, -0.1) is 0 Å². The Kier molecular flexibility index (Phi) is 5.22. The minimum atomic E-state index is 0.106. The monoisotopic (exact) mass is 269 g/mol. The summed E-state index contributed by atoms with van der Waals surface area (Å²) in [7, 11) is 0. The first-order chi connectivity index (χ1) is 9.08. The van der Waals surface area contributed by atoms with Gasteiger partial charge in [0.05, 0.1) is 12.2 Å². The molecule has 2 aliphatic rings. The van der Waals surface area contributed by atoms with Crippen LogP contribution < -0.4 is 5.32 Å². The van der Waals surface area contributed by atoms with Crippen LogP contribution in [0.15, 0.2) is 0 Å². The zero-order chi connectivity index (χ0) is 13.8. The zero-order valence-corrected chi connectivity index (χ0v) is 12.1. The third-order valence-corrected chi connectivity index (χ3v) is 4.52. The third kappa shape index (κ3) is 4.18. The van der Waals surface area contributed by atoms with Crippen molar-refractivity contribution in [3.05, 3.63) is 0 Å². The van der Waals surface area contributed by atoms with Crippen LogP contribution in [0.3, 0.4) is 0 Å². The van der Waals surface area contributed by atoms with E-state index in [2.05, 4.69) is 5.32 Å². The second-order valence-electron chi connectivity index (χ2n) is 6.33. The second kappa shape index (κ2) is 6.71. The molecule has 1 aliphatic heterocycles. The fourth-order valence-corrected chi connectivity index (χ4v) is 3.43. The van der Waals surface area contributed by atoms with Gasteiger partial charge in [-0.2, -0.15) is 0 Å². The van der Waals surface area contributed by atoms with Crippen LogP contribution in [0, 0.1) is 11.8 Å². The Morgan fingerprint density at radius 1 is 1.16 bits per heavy atom. The molecule has 1 amide bonds. The number of aliphatic hydroxyl groups is 1. The highest BCUT2D eigenvalue weighted by Gasteiger charge is 2.31. The third-order valence-electron chi connectivity index (χ3n) is 4.52. The maximum atomic E-state index is 12.3. The molecule has 2 fully saturated rings. The molecular weight excluding hydrogens is 242 g/mol. The Morgan fingerprint density at radius 3 is 2.26 bits per heavy atom. The summed E-state index contributed by atoms with van der Waals surface area (Å²) < 4.78 is 5.68. The minimum absolute atomic E-state index is 0.106. The van der Waals surface area contributed by atoms with E-state index < -0.39 is 0 Å². The summed E-state index contributed by atoms with van der Waals surface area (Å²) in [6, 6.07) is 0.309. The molecule has 4 heteroatoms. The molecule has 2 unspecified atom stereocenters. The summed E-state index contributed by atoms with van der Waals surface area (Å²) in [6.07, 6.45) is 6.11. The van der Waals surface area contributed by atoms with E-state index in [9.17, 15) is 4.79 Å². The lowest BCUT2D eigenvalue weighted by molar-refractivity contribution is -0.134. The molecule has 0 spiro atoms. The molecule has 1 aliphatic carbocycles. The van der Waals surface area contributed by atoms with Gasteiger partial charge in [-0.25, -0.2) is 0 Å². The largest absolute Gasteiger partial charge is 0.396 e. The molecule has 0 bridgehead atoms. The molecule has 1 heterocycles. The van der Waals surface area contributed by atoms with Crippen molar-refractivity contribution in [2.75, 3.05) is 6.61 Å². The van der Waals surface area contributed by atoms with Crippen molar-refractivity contribution in [2.45, 2.75) is 70.6 Å². The normalized spacial score (nSPS) is 39.8. The van der Waals surface area contributed by atoms with Gasteiger partial charge in [-0.05, 0) is 58.3 Å². The number of hydrogen-bond donors (Lipinski definition) is 2. The Morgan fingerprint density at radius 2 is 1.74 bits per heavy atom. The van der Waals surface area contributed by atoms with Crippen molar-refractivity contribution in [3.8, 4) is 0 Å². The summed E-state index contributed by atoms with van der Waals surface area (Å²) in [6.45, 7) is 4.38. The quantitative estimate of drug-likeness (QED) is 0.822. The molecule has 0 radical (unpaired) electrons. The van der Waals surface area contributed by atoms with E-state index >= 15 is 0 Å². The van der Waals surface area contributed by atoms with Gasteiger partial charge in [0.2, 0.25) is 5.91 Å². The van der Waals surface area contributed by atoms with Gasteiger partial charge in [0, 0.05) is 18.6 Å². The standard InChI is InChI=1S/C15H27NO3/c1-10-7-13(8-11(2)19-10)15(18)16-14-5-3-12(9-17)4-6-14/h10-14,17H,3-9H2,1-2H3,(H,16,18). The number of nitrogens with one attached hydrogen (secondary N) is 1. The van der Waals surface area contributed by atoms with Gasteiger partial charge < -0.3 is 15.2 Å². The van der Waals surface area contributed by atoms with Gasteiger partial charge >= 0.3 is 0 Å². The maximum Gasteiger partial charge on any atom is 0.223 e. The number of ether oxygens (including phenoxy) is 1. The second-order valence-corrected chi connectivity index (χ2v) is 6.33. The zero-order valence-electron chi connectivity index (χ0n) is 12.1. The molecule has 0 aromatic heterocycles. The number of carbonyl (C=O) groups is 1. The molecule has 0 aromatic carbocycles. The van der Waals surface area contributed by atoms with Crippen molar-refractivity contribution in [2.24, 2.45) is 11.8 Å². The average molecular weight is 269 g/mol. The number of amides is 1. The van der Waals surface area contributed by atoms with E-state index in [1.165, 1.54) is 0 Å². The molecule has 19 heavy (non-hydrogen) atoms. The van der Waals surface area contributed by atoms with Crippen LogP contribution in [0.5, 0.6) is 0 Å². The first-order valence-corrected chi connectivity index (χ1v) is 7.65. The van der Waals surface area contributed by atoms with E-state index in [0.29, 0.717) is 12.0 Å². The predicted octanol–water partition coefficient (Wildman–Crippen LogP) is 1.86. The molecule has 4 nitrogen and oxygen atoms in total. The van der Waals surface area contributed by atoms with E-state index in [-0.39, 0.29) is 30.6 Å². The van der Waals surface area contributed by atoms with Crippen molar-refractivity contribution in [3.63, 3.8) is 0 Å². The van der Waals surface area contributed by atoms with Crippen molar-refractivity contribution < 1.29 is 14.6 Å². The first kappa shape index (κ1) is 14.8. The van der Waals surface area contributed by atoms with Crippen LogP contribution in [0.1, 0.15) is 52.4 Å². The average Bonchev–Trinajstić information content (AvgIpc) is 2.38. The van der Waals surface area contributed by atoms with Gasteiger partial charge in [-0.3, -0.25) is 4.79 Å². The Bertz CT molecular complexity index is 290. The van der Waals surface area contributed by atoms with Crippen LogP contribution in [0.4, 0.5) is 0 Å². The first-order valence-electron chi connectivity index (χ1n) is 7.65. The predicted molar refractivity (Wildman–Crippen MR) is 73.7 cm³/mol. The fraction of sp³-hybridized carbons (Fsp3) is 0.933. The Labute approximate surface area is 115 Å². The van der Waals surface area contributed by atoms with E-state index in [1.807, 2.05) is 13.8 Å². The molecule has 1 saturated carbocycles. The lowest BCUT2D eigenvalue weighted by atomic mass is 9.85. The van der Waals surface area contributed by atoms with Crippen LogP contribution in [-0.4, -0.2) is 35.9 Å². The van der Waals surface area contributed by atoms with Gasteiger partial charge in [0.25, 0.3) is 0 Å². The fourth-order valence-electron chi connectivity index (χ4n) is 3.43. The molecular formula is C15H27NO3. The van der Waals surface area contributed by atoms with E-state index in [1.54, 1.807) is 0 Å². The number of carbonyl (C=O) groups excluding carboxylic acids is 1. The highest BCUT2D eigenvalue weighted by Crippen LogP contribution is 2.27. The molecule has 2 rings (SSSR count). The minimum Gasteiger partial charge on any atom is -0.396 e. The highest BCUT2D eigenvalue weighted by molar-refractivity contribution is 5.79. The summed E-state index contributed by atoms with van der Waals surface area (Å²) in [5.41, 5.74) is 0. The number of rotatable bonds is 3. The molecule has 2 atom stereocenters. The smallest absolute Gasteiger partial charge is 0.223 e. The van der Waals surface area contributed by atoms with Gasteiger partial charge in [0.1, 0.15) is 0 Å². The van der Waals surface area contributed by atoms with Crippen LogP contribution >= 0.6 is 0 Å². The lowest BCUT2D eigenvalue weighted by Crippen LogP contribution is -2.44. The van der Waals surface area contributed by atoms with E-state index in [0.717, 1.165) is 38.5 Å². The summed E-state index contributed by atoms with van der Waals surface area (Å²) in [5.74, 6) is 0.750. The maximum absolute atomic E-state index is 12.3. The van der Waals surface area contributed by atoms with Crippen molar-refractivity contribution >= 4 is 5.91 Å². The van der Waals surface area contributed by atoms with Crippen LogP contribution in [0.25, 0.3) is 0 Å². The molecule has 2 N–H and O–H groups in total. The topological polar surface area (TPSA) is 58.6 Å². The molecule has 1 saturated heterocycles. The number of aliphatic hydroxyl groups excluding tert-OH is 1.